The van der Waals surface area contributed by atoms with Crippen molar-refractivity contribution in [2.75, 3.05) is 5.33 Å². The van der Waals surface area contributed by atoms with Gasteiger partial charge in [-0.3, -0.25) is 4.79 Å². The summed E-state index contributed by atoms with van der Waals surface area (Å²) in [6.45, 7) is 0. The van der Waals surface area contributed by atoms with Crippen LogP contribution in [0.4, 0.5) is 0 Å². The summed E-state index contributed by atoms with van der Waals surface area (Å²) in [4.78, 5) is 23.0. The van der Waals surface area contributed by atoms with E-state index >= 15 is 0 Å². The van der Waals surface area contributed by atoms with Gasteiger partial charge in [0.2, 0.25) is 0 Å². The Bertz CT molecular complexity index is 587. The van der Waals surface area contributed by atoms with Crippen LogP contribution in [-0.2, 0) is 0 Å². The molecule has 1 aromatic heterocycles. The van der Waals surface area contributed by atoms with Gasteiger partial charge >= 0.3 is 5.76 Å². The lowest BCUT2D eigenvalue weighted by Crippen LogP contribution is -2.30. The maximum Gasteiger partial charge on any atom is 0.426 e. The number of rotatable bonds is 2. The van der Waals surface area contributed by atoms with Gasteiger partial charge in [-0.1, -0.05) is 44.0 Å². The zero-order valence-electron chi connectivity index (χ0n) is 8.02. The number of benzene rings is 1. The Balaban J connectivity index is 2.64. The SMILES string of the molecule is O=C(C(Br)CBr)n1c(=O)oc2ccccc21. The molecule has 0 radical (unpaired) electrons. The van der Waals surface area contributed by atoms with E-state index in [1.165, 1.54) is 0 Å². The third-order valence-corrected chi connectivity index (χ3v) is 4.34. The maximum absolute atomic E-state index is 11.9. The molecule has 4 nitrogen and oxygen atoms in total. The largest absolute Gasteiger partial charge is 0.426 e. The molecule has 2 rings (SSSR count). The van der Waals surface area contributed by atoms with E-state index in [9.17, 15) is 9.59 Å². The Kier molecular flexibility index (Phi) is 3.30. The molecule has 1 heterocycles. The molecule has 1 unspecified atom stereocenters. The van der Waals surface area contributed by atoms with Crippen LogP contribution in [0.25, 0.3) is 11.1 Å². The highest BCUT2D eigenvalue weighted by Gasteiger charge is 2.21. The minimum Gasteiger partial charge on any atom is -0.407 e. The van der Waals surface area contributed by atoms with E-state index < -0.39 is 10.6 Å². The van der Waals surface area contributed by atoms with Gasteiger partial charge in [0.25, 0.3) is 5.91 Å². The Labute approximate surface area is 107 Å². The topological polar surface area (TPSA) is 52.2 Å². The van der Waals surface area contributed by atoms with Crippen LogP contribution in [0.1, 0.15) is 4.79 Å². The van der Waals surface area contributed by atoms with Gasteiger partial charge in [-0.25, -0.2) is 9.36 Å². The van der Waals surface area contributed by atoms with Gasteiger partial charge in [0, 0.05) is 5.33 Å². The van der Waals surface area contributed by atoms with Crippen LogP contribution < -0.4 is 5.76 Å². The molecule has 1 atom stereocenters. The Morgan fingerprint density at radius 2 is 2.12 bits per heavy atom. The molecule has 0 fully saturated rings. The second-order valence-electron chi connectivity index (χ2n) is 3.13. The molecule has 1 aromatic carbocycles. The summed E-state index contributed by atoms with van der Waals surface area (Å²) >= 11 is 6.36. The Morgan fingerprint density at radius 1 is 1.44 bits per heavy atom. The predicted molar refractivity (Wildman–Crippen MR) is 67.6 cm³/mol. The van der Waals surface area contributed by atoms with Crippen LogP contribution in [0.2, 0.25) is 0 Å². The number of hydrogen-bond donors (Lipinski definition) is 0. The van der Waals surface area contributed by atoms with E-state index in [0.29, 0.717) is 16.4 Å². The first-order chi connectivity index (χ1) is 7.65. The van der Waals surface area contributed by atoms with Gasteiger partial charge < -0.3 is 4.42 Å². The number of para-hydroxylation sites is 2. The molecule has 6 heteroatoms. The molecule has 0 saturated heterocycles. The van der Waals surface area contributed by atoms with Crippen LogP contribution in [0, 0.1) is 0 Å². The van der Waals surface area contributed by atoms with E-state index in [1.807, 2.05) is 0 Å². The van der Waals surface area contributed by atoms with Crippen molar-refractivity contribution in [1.82, 2.24) is 4.57 Å². The van der Waals surface area contributed by atoms with Gasteiger partial charge in [0.05, 0.1) is 5.52 Å². The molecule has 0 spiro atoms. The molecule has 0 aliphatic carbocycles. The fourth-order valence-electron chi connectivity index (χ4n) is 1.38. The van der Waals surface area contributed by atoms with Gasteiger partial charge in [-0.15, -0.1) is 0 Å². The van der Waals surface area contributed by atoms with E-state index in [0.717, 1.165) is 4.57 Å². The number of hydrogen-bond acceptors (Lipinski definition) is 3. The lowest BCUT2D eigenvalue weighted by atomic mass is 10.3. The fourth-order valence-corrected chi connectivity index (χ4v) is 1.86. The molecule has 0 saturated carbocycles. The van der Waals surface area contributed by atoms with Gasteiger partial charge in [-0.05, 0) is 12.1 Å². The predicted octanol–water partition coefficient (Wildman–Crippen LogP) is 2.39. The van der Waals surface area contributed by atoms with Crippen LogP contribution in [0.3, 0.4) is 0 Å². The summed E-state index contributed by atoms with van der Waals surface area (Å²) < 4.78 is 6.00. The van der Waals surface area contributed by atoms with Crippen molar-refractivity contribution in [2.45, 2.75) is 4.83 Å². The first kappa shape index (κ1) is 11.6. The number of halogens is 2. The molecular formula is C10H7Br2NO3. The average molecular weight is 349 g/mol. The number of carbonyl (C=O) groups is 1. The zero-order valence-corrected chi connectivity index (χ0v) is 11.2. The summed E-state index contributed by atoms with van der Waals surface area (Å²) in [5, 5.41) is 0.428. The number of nitrogens with zero attached hydrogens (tertiary/aromatic N) is 1. The number of carbonyl (C=O) groups excluding carboxylic acids is 1. The molecular weight excluding hydrogens is 342 g/mol. The first-order valence-corrected chi connectivity index (χ1v) is 6.53. The minimum absolute atomic E-state index is 0.341. The van der Waals surface area contributed by atoms with E-state index in [1.54, 1.807) is 24.3 Å². The normalized spacial score (nSPS) is 12.9. The van der Waals surface area contributed by atoms with Gasteiger partial charge in [0.1, 0.15) is 4.83 Å². The van der Waals surface area contributed by atoms with E-state index in [2.05, 4.69) is 31.9 Å². The van der Waals surface area contributed by atoms with Crippen molar-refractivity contribution in [3.8, 4) is 0 Å². The fraction of sp³-hybridized carbons (Fsp3) is 0.200. The highest BCUT2D eigenvalue weighted by molar-refractivity contribution is 9.12. The number of alkyl halides is 2. The first-order valence-electron chi connectivity index (χ1n) is 4.50. The van der Waals surface area contributed by atoms with Crippen molar-refractivity contribution >= 4 is 48.9 Å². The smallest absolute Gasteiger partial charge is 0.407 e. The number of fused-ring (bicyclic) bond motifs is 1. The molecule has 0 aliphatic rings. The van der Waals surface area contributed by atoms with Crippen LogP contribution in [0.5, 0.6) is 0 Å². The zero-order chi connectivity index (χ0) is 11.7. The van der Waals surface area contributed by atoms with Crippen LogP contribution in [-0.4, -0.2) is 20.6 Å². The molecule has 84 valence electrons. The summed E-state index contributed by atoms with van der Waals surface area (Å²) in [7, 11) is 0. The van der Waals surface area contributed by atoms with E-state index in [4.69, 9.17) is 4.42 Å². The highest BCUT2D eigenvalue weighted by Crippen LogP contribution is 2.14. The Hall–Kier alpha value is -0.880. The summed E-state index contributed by atoms with van der Waals surface area (Å²) in [5.41, 5.74) is 0.901. The number of aromatic nitrogens is 1. The number of oxazole rings is 1. The second-order valence-corrected chi connectivity index (χ2v) is 4.88. The third kappa shape index (κ3) is 1.87. The minimum atomic E-state index is -0.656. The molecule has 0 amide bonds. The lowest BCUT2D eigenvalue weighted by molar-refractivity contribution is 0.0915. The van der Waals surface area contributed by atoms with E-state index in [-0.39, 0.29) is 5.91 Å². The van der Waals surface area contributed by atoms with Crippen molar-refractivity contribution in [3.05, 3.63) is 34.8 Å². The Morgan fingerprint density at radius 3 is 2.81 bits per heavy atom. The third-order valence-electron chi connectivity index (χ3n) is 2.11. The van der Waals surface area contributed by atoms with Gasteiger partial charge in [0.15, 0.2) is 5.58 Å². The van der Waals surface area contributed by atoms with Crippen molar-refractivity contribution in [2.24, 2.45) is 0 Å². The molecule has 0 aliphatic heterocycles. The second kappa shape index (κ2) is 4.55. The summed E-state index contributed by atoms with van der Waals surface area (Å²) in [6.07, 6.45) is 0. The van der Waals surface area contributed by atoms with Crippen LogP contribution in [0.15, 0.2) is 33.5 Å². The van der Waals surface area contributed by atoms with Gasteiger partial charge in [-0.2, -0.15) is 0 Å². The van der Waals surface area contributed by atoms with Crippen molar-refractivity contribution < 1.29 is 9.21 Å². The standard InChI is InChI=1S/C10H7Br2NO3/c11-5-6(12)9(14)13-7-3-1-2-4-8(7)16-10(13)15/h1-4,6H,5H2. The van der Waals surface area contributed by atoms with Crippen LogP contribution >= 0.6 is 31.9 Å². The quantitative estimate of drug-likeness (QED) is 0.783. The average Bonchev–Trinajstić information content (AvgIpc) is 2.63. The highest BCUT2D eigenvalue weighted by atomic mass is 79.9. The molecule has 2 aromatic rings. The molecule has 0 bridgehead atoms. The van der Waals surface area contributed by atoms with Crippen molar-refractivity contribution in [1.29, 1.82) is 0 Å². The molecule has 0 N–H and O–H groups in total. The lowest BCUT2D eigenvalue weighted by Gasteiger charge is -2.04. The van der Waals surface area contributed by atoms with Crippen molar-refractivity contribution in [3.63, 3.8) is 0 Å². The summed E-state index contributed by atoms with van der Waals surface area (Å²) in [6, 6.07) is 6.82. The monoisotopic (exact) mass is 347 g/mol. The maximum atomic E-state index is 11.9. The summed E-state index contributed by atoms with van der Waals surface area (Å²) in [5.74, 6) is -0.997. The molecule has 16 heavy (non-hydrogen) atoms.